The van der Waals surface area contributed by atoms with E-state index in [1.807, 2.05) is 12.1 Å². The largest absolute Gasteiger partial charge is 0.455 e. The van der Waals surface area contributed by atoms with Gasteiger partial charge in [0.15, 0.2) is 0 Å². The summed E-state index contributed by atoms with van der Waals surface area (Å²) in [5.74, 6) is 0. The van der Waals surface area contributed by atoms with Crippen molar-refractivity contribution >= 4 is 82.4 Å². The fraction of sp³-hybridized carbons (Fsp3) is 0. The van der Waals surface area contributed by atoms with E-state index in [9.17, 15) is 0 Å². The summed E-state index contributed by atoms with van der Waals surface area (Å²) in [7, 11) is 0. The summed E-state index contributed by atoms with van der Waals surface area (Å²) >= 11 is 0. The molecular formula is C44H28N2O. The predicted molar refractivity (Wildman–Crippen MR) is 198 cm³/mol. The summed E-state index contributed by atoms with van der Waals surface area (Å²) in [6.45, 7) is 0. The van der Waals surface area contributed by atoms with E-state index in [0.29, 0.717) is 0 Å². The van der Waals surface area contributed by atoms with Crippen LogP contribution in [0.15, 0.2) is 174 Å². The second kappa shape index (κ2) is 10.1. The third kappa shape index (κ3) is 3.93. The molecule has 0 N–H and O–H groups in total. The standard InChI is InChI=1S/C44H28N2O/c1-2-15-34-29(11-1)12-9-21-40(34)45(33-24-26-35-30(27-33)23-25-39-38-18-5-8-22-43(38)47-44(35)39)31-13-10-14-32(28-31)46-41-19-6-3-16-36(41)37-17-4-7-20-42(37)46/h1-28H. The summed E-state index contributed by atoms with van der Waals surface area (Å²) in [4.78, 5) is 2.39. The van der Waals surface area contributed by atoms with Crippen molar-refractivity contribution in [3.63, 3.8) is 0 Å². The molecule has 220 valence electrons. The average molecular weight is 601 g/mol. The van der Waals surface area contributed by atoms with Crippen LogP contribution in [0.1, 0.15) is 0 Å². The predicted octanol–water partition coefficient (Wildman–Crippen LogP) is 12.5. The molecule has 0 unspecified atom stereocenters. The summed E-state index contributed by atoms with van der Waals surface area (Å²) in [5, 5.41) is 9.45. The molecule has 3 nitrogen and oxygen atoms in total. The van der Waals surface area contributed by atoms with Crippen LogP contribution >= 0.6 is 0 Å². The SMILES string of the molecule is c1cc(N(c2ccc3c(ccc4c5ccccc5oc34)c2)c2cccc3ccccc23)cc(-n2c3ccccc3c3ccccc32)c1. The van der Waals surface area contributed by atoms with Gasteiger partial charge in [0.2, 0.25) is 0 Å². The summed E-state index contributed by atoms with van der Waals surface area (Å²) < 4.78 is 8.79. The molecule has 0 aliphatic carbocycles. The van der Waals surface area contributed by atoms with Gasteiger partial charge in [0.05, 0.1) is 16.7 Å². The van der Waals surface area contributed by atoms with Crippen molar-refractivity contribution in [1.29, 1.82) is 0 Å². The molecule has 3 heteroatoms. The minimum Gasteiger partial charge on any atom is -0.455 e. The summed E-state index contributed by atoms with van der Waals surface area (Å²) in [6.07, 6.45) is 0. The maximum absolute atomic E-state index is 6.40. The van der Waals surface area contributed by atoms with Crippen LogP contribution in [0.4, 0.5) is 17.1 Å². The molecular weight excluding hydrogens is 572 g/mol. The molecule has 8 aromatic carbocycles. The first-order valence-corrected chi connectivity index (χ1v) is 16.0. The lowest BCUT2D eigenvalue weighted by Crippen LogP contribution is -2.11. The normalized spacial score (nSPS) is 11.8. The highest BCUT2D eigenvalue weighted by Crippen LogP contribution is 2.43. The molecule has 2 aromatic heterocycles. The molecule has 10 aromatic rings. The first-order chi connectivity index (χ1) is 23.3. The van der Waals surface area contributed by atoms with Crippen LogP contribution in [0.3, 0.4) is 0 Å². The van der Waals surface area contributed by atoms with Gasteiger partial charge in [-0.15, -0.1) is 0 Å². The number of nitrogens with zero attached hydrogens (tertiary/aromatic N) is 2. The smallest absolute Gasteiger partial charge is 0.143 e. The van der Waals surface area contributed by atoms with Crippen molar-refractivity contribution in [2.45, 2.75) is 0 Å². The van der Waals surface area contributed by atoms with Gasteiger partial charge in [-0.2, -0.15) is 0 Å². The molecule has 47 heavy (non-hydrogen) atoms. The van der Waals surface area contributed by atoms with Crippen molar-refractivity contribution in [2.75, 3.05) is 4.90 Å². The molecule has 0 saturated carbocycles. The Morgan fingerprint density at radius 2 is 1.04 bits per heavy atom. The second-order valence-electron chi connectivity index (χ2n) is 12.2. The van der Waals surface area contributed by atoms with Gasteiger partial charge < -0.3 is 13.9 Å². The van der Waals surface area contributed by atoms with Gasteiger partial charge in [0.25, 0.3) is 0 Å². The van der Waals surface area contributed by atoms with Gasteiger partial charge in [-0.25, -0.2) is 0 Å². The number of rotatable bonds is 4. The topological polar surface area (TPSA) is 21.3 Å². The summed E-state index contributed by atoms with van der Waals surface area (Å²) in [6, 6.07) is 60.9. The Kier molecular flexibility index (Phi) is 5.57. The number of benzene rings is 8. The van der Waals surface area contributed by atoms with Crippen molar-refractivity contribution in [3.05, 3.63) is 170 Å². The van der Waals surface area contributed by atoms with Crippen molar-refractivity contribution in [2.24, 2.45) is 0 Å². The van der Waals surface area contributed by atoms with E-state index in [2.05, 4.69) is 167 Å². The van der Waals surface area contributed by atoms with Crippen LogP contribution in [0.25, 0.3) is 71.0 Å². The molecule has 0 aliphatic rings. The molecule has 0 atom stereocenters. The number of aromatic nitrogens is 1. The molecule has 0 radical (unpaired) electrons. The molecule has 0 fully saturated rings. The minimum atomic E-state index is 0.915. The van der Waals surface area contributed by atoms with Crippen LogP contribution in [0.2, 0.25) is 0 Å². The zero-order valence-corrected chi connectivity index (χ0v) is 25.5. The fourth-order valence-electron chi connectivity index (χ4n) is 7.44. The van der Waals surface area contributed by atoms with E-state index in [0.717, 1.165) is 55.5 Å². The lowest BCUT2D eigenvalue weighted by atomic mass is 10.0. The maximum Gasteiger partial charge on any atom is 0.143 e. The number of furan rings is 1. The third-order valence-corrected chi connectivity index (χ3v) is 9.54. The lowest BCUT2D eigenvalue weighted by Gasteiger charge is -2.28. The first-order valence-electron chi connectivity index (χ1n) is 16.0. The Balaban J connectivity index is 1.22. The highest BCUT2D eigenvalue weighted by molar-refractivity contribution is 6.15. The van der Waals surface area contributed by atoms with Gasteiger partial charge in [0, 0.05) is 49.4 Å². The van der Waals surface area contributed by atoms with Gasteiger partial charge in [-0.1, -0.05) is 103 Å². The Morgan fingerprint density at radius 1 is 0.404 bits per heavy atom. The highest BCUT2D eigenvalue weighted by Gasteiger charge is 2.19. The van der Waals surface area contributed by atoms with E-state index in [1.54, 1.807) is 0 Å². The molecule has 0 aliphatic heterocycles. The van der Waals surface area contributed by atoms with E-state index < -0.39 is 0 Å². The second-order valence-corrected chi connectivity index (χ2v) is 12.2. The van der Waals surface area contributed by atoms with E-state index >= 15 is 0 Å². The van der Waals surface area contributed by atoms with Crippen LogP contribution in [-0.4, -0.2) is 4.57 Å². The lowest BCUT2D eigenvalue weighted by molar-refractivity contribution is 0.672. The maximum atomic E-state index is 6.40. The van der Waals surface area contributed by atoms with Gasteiger partial charge >= 0.3 is 0 Å². The monoisotopic (exact) mass is 600 g/mol. The average Bonchev–Trinajstić information content (AvgIpc) is 3.68. The Hall–Kier alpha value is -6.32. The third-order valence-electron chi connectivity index (χ3n) is 9.54. The van der Waals surface area contributed by atoms with Crippen LogP contribution in [-0.2, 0) is 0 Å². The number of hydrogen-bond acceptors (Lipinski definition) is 2. The number of fused-ring (bicyclic) bond motifs is 9. The van der Waals surface area contributed by atoms with Crippen LogP contribution < -0.4 is 4.90 Å². The number of anilines is 3. The van der Waals surface area contributed by atoms with Gasteiger partial charge in [0.1, 0.15) is 11.2 Å². The molecule has 10 rings (SSSR count). The van der Waals surface area contributed by atoms with Gasteiger partial charge in [-0.3, -0.25) is 0 Å². The van der Waals surface area contributed by atoms with Crippen molar-refractivity contribution < 1.29 is 4.42 Å². The molecule has 0 saturated heterocycles. The van der Waals surface area contributed by atoms with Crippen LogP contribution in [0.5, 0.6) is 0 Å². The zero-order valence-electron chi connectivity index (χ0n) is 25.5. The van der Waals surface area contributed by atoms with Crippen molar-refractivity contribution in [3.8, 4) is 5.69 Å². The Morgan fingerprint density at radius 3 is 1.87 bits per heavy atom. The van der Waals surface area contributed by atoms with E-state index in [4.69, 9.17) is 4.42 Å². The molecule has 0 amide bonds. The zero-order chi connectivity index (χ0) is 30.9. The number of hydrogen-bond donors (Lipinski definition) is 0. The fourth-order valence-corrected chi connectivity index (χ4v) is 7.44. The number of para-hydroxylation sites is 3. The van der Waals surface area contributed by atoms with Gasteiger partial charge in [-0.05, 0) is 77.5 Å². The Labute approximate surface area is 271 Å². The van der Waals surface area contributed by atoms with Crippen molar-refractivity contribution in [1.82, 2.24) is 4.57 Å². The van der Waals surface area contributed by atoms with Crippen LogP contribution in [0, 0.1) is 0 Å². The highest BCUT2D eigenvalue weighted by atomic mass is 16.3. The minimum absolute atomic E-state index is 0.915. The molecule has 0 bridgehead atoms. The van der Waals surface area contributed by atoms with E-state index in [-0.39, 0.29) is 0 Å². The quantitative estimate of drug-likeness (QED) is 0.200. The summed E-state index contributed by atoms with van der Waals surface area (Å²) in [5.41, 5.74) is 8.67. The molecule has 0 spiro atoms. The first kappa shape index (κ1) is 26.0. The Bertz CT molecular complexity index is 2760. The van der Waals surface area contributed by atoms with E-state index in [1.165, 1.54) is 32.6 Å². The molecule has 2 heterocycles.